The Morgan fingerprint density at radius 1 is 1.53 bits per heavy atom. The Morgan fingerprint density at radius 2 is 2.26 bits per heavy atom. The van der Waals surface area contributed by atoms with Gasteiger partial charge in [-0.2, -0.15) is 0 Å². The Bertz CT molecular complexity index is 487. The molecule has 1 atom stereocenters. The van der Waals surface area contributed by atoms with Crippen molar-refractivity contribution in [1.82, 2.24) is 10.6 Å². The lowest BCUT2D eigenvalue weighted by molar-refractivity contribution is -0.385. The molecule has 1 aliphatic rings. The first-order chi connectivity index (χ1) is 8.59. The molecule has 1 amide bonds. The monoisotopic (exact) mass is 285 g/mol. The number of nitrogens with zero attached hydrogens (tertiary/aromatic N) is 1. The molecule has 2 rings (SSSR count). The predicted molar refractivity (Wildman–Crippen MR) is 73.8 cm³/mol. The minimum absolute atomic E-state index is 0. The first-order valence-corrected chi connectivity index (χ1v) is 5.85. The van der Waals surface area contributed by atoms with E-state index < -0.39 is 4.92 Å². The highest BCUT2D eigenvalue weighted by molar-refractivity contribution is 5.98. The van der Waals surface area contributed by atoms with Crippen LogP contribution in [0.15, 0.2) is 18.2 Å². The zero-order valence-electron chi connectivity index (χ0n) is 10.5. The maximum absolute atomic E-state index is 12.0. The molecule has 0 aliphatic carbocycles. The van der Waals surface area contributed by atoms with Crippen molar-refractivity contribution in [3.8, 4) is 0 Å². The van der Waals surface area contributed by atoms with E-state index in [1.165, 1.54) is 6.07 Å². The topological polar surface area (TPSA) is 84.3 Å². The summed E-state index contributed by atoms with van der Waals surface area (Å²) >= 11 is 0. The van der Waals surface area contributed by atoms with Crippen molar-refractivity contribution in [3.63, 3.8) is 0 Å². The van der Waals surface area contributed by atoms with Gasteiger partial charge in [0.2, 0.25) is 0 Å². The molecule has 6 nitrogen and oxygen atoms in total. The van der Waals surface area contributed by atoms with Crippen LogP contribution in [0, 0.1) is 17.0 Å². The van der Waals surface area contributed by atoms with E-state index in [1.807, 2.05) is 0 Å². The number of para-hydroxylation sites is 1. The number of halogens is 1. The van der Waals surface area contributed by atoms with E-state index in [0.717, 1.165) is 13.0 Å². The van der Waals surface area contributed by atoms with Crippen LogP contribution in [0.2, 0.25) is 0 Å². The van der Waals surface area contributed by atoms with E-state index in [4.69, 9.17) is 0 Å². The molecule has 2 N–H and O–H groups in total. The van der Waals surface area contributed by atoms with Crippen molar-refractivity contribution in [1.29, 1.82) is 0 Å². The Hall–Kier alpha value is -1.66. The smallest absolute Gasteiger partial charge is 0.285 e. The number of amides is 1. The molecule has 1 fully saturated rings. The number of carbonyl (C=O) groups is 1. The average Bonchev–Trinajstić information content (AvgIpc) is 2.80. The van der Waals surface area contributed by atoms with E-state index in [9.17, 15) is 14.9 Å². The molecule has 0 bridgehead atoms. The Labute approximate surface area is 117 Å². The Balaban J connectivity index is 0.00000180. The molecule has 0 saturated carbocycles. The van der Waals surface area contributed by atoms with E-state index >= 15 is 0 Å². The van der Waals surface area contributed by atoms with Gasteiger partial charge in [-0.05, 0) is 26.0 Å². The standard InChI is InChI=1S/C12H15N3O3.ClH/c1-8-3-2-4-10(11(8)15(17)18)12(16)14-9-5-6-13-7-9;/h2-4,9,13H,5-7H2,1H3,(H,14,16);1H. The SMILES string of the molecule is Cc1cccc(C(=O)NC2CCNC2)c1[N+](=O)[O-].Cl. The summed E-state index contributed by atoms with van der Waals surface area (Å²) in [5.74, 6) is -0.376. The third kappa shape index (κ3) is 3.42. The molecule has 1 aromatic rings. The van der Waals surface area contributed by atoms with E-state index in [2.05, 4.69) is 10.6 Å². The highest BCUT2D eigenvalue weighted by atomic mass is 35.5. The first kappa shape index (κ1) is 15.4. The first-order valence-electron chi connectivity index (χ1n) is 5.85. The van der Waals surface area contributed by atoms with E-state index in [-0.39, 0.29) is 35.6 Å². The summed E-state index contributed by atoms with van der Waals surface area (Å²) in [5, 5.41) is 16.9. The van der Waals surface area contributed by atoms with Crippen molar-refractivity contribution in [2.45, 2.75) is 19.4 Å². The summed E-state index contributed by atoms with van der Waals surface area (Å²) < 4.78 is 0. The number of benzene rings is 1. The van der Waals surface area contributed by atoms with Gasteiger partial charge in [0.15, 0.2) is 0 Å². The minimum atomic E-state index is -0.503. The quantitative estimate of drug-likeness (QED) is 0.650. The molecule has 104 valence electrons. The summed E-state index contributed by atoms with van der Waals surface area (Å²) in [6, 6.07) is 4.83. The number of aryl methyl sites for hydroxylation is 1. The van der Waals surface area contributed by atoms with Crippen LogP contribution in [0.25, 0.3) is 0 Å². The molecule has 1 unspecified atom stereocenters. The molecule has 1 aromatic carbocycles. The van der Waals surface area contributed by atoms with Gasteiger partial charge in [-0.1, -0.05) is 12.1 Å². The number of nitro groups is 1. The zero-order chi connectivity index (χ0) is 13.1. The molecule has 1 aliphatic heterocycles. The van der Waals surface area contributed by atoms with Crippen LogP contribution in [0.1, 0.15) is 22.3 Å². The Kier molecular flexibility index (Phi) is 5.26. The highest BCUT2D eigenvalue weighted by Crippen LogP contribution is 2.23. The second-order valence-electron chi connectivity index (χ2n) is 4.39. The fraction of sp³-hybridized carbons (Fsp3) is 0.417. The Morgan fingerprint density at radius 3 is 2.84 bits per heavy atom. The number of nitrogens with one attached hydrogen (secondary N) is 2. The average molecular weight is 286 g/mol. The van der Waals surface area contributed by atoms with Gasteiger partial charge in [0, 0.05) is 18.2 Å². The number of hydrogen-bond donors (Lipinski definition) is 2. The third-order valence-corrected chi connectivity index (χ3v) is 3.06. The normalized spacial score (nSPS) is 17.6. The van der Waals surface area contributed by atoms with Crippen LogP contribution in [0.4, 0.5) is 5.69 Å². The molecular formula is C12H16ClN3O3. The lowest BCUT2D eigenvalue weighted by atomic mass is 10.1. The molecule has 0 aromatic heterocycles. The van der Waals surface area contributed by atoms with Crippen molar-refractivity contribution in [3.05, 3.63) is 39.4 Å². The van der Waals surface area contributed by atoms with Crippen molar-refractivity contribution >= 4 is 24.0 Å². The molecule has 7 heteroatoms. The van der Waals surface area contributed by atoms with E-state index in [0.29, 0.717) is 12.1 Å². The molecule has 0 spiro atoms. The van der Waals surface area contributed by atoms with Gasteiger partial charge in [0.25, 0.3) is 11.6 Å². The maximum Gasteiger partial charge on any atom is 0.285 e. The van der Waals surface area contributed by atoms with Crippen LogP contribution in [-0.4, -0.2) is 30.0 Å². The molecule has 19 heavy (non-hydrogen) atoms. The van der Waals surface area contributed by atoms with Gasteiger partial charge < -0.3 is 10.6 Å². The minimum Gasteiger partial charge on any atom is -0.348 e. The number of carbonyl (C=O) groups excluding carboxylic acids is 1. The predicted octanol–water partition coefficient (Wildman–Crippen LogP) is 1.42. The van der Waals surface area contributed by atoms with Gasteiger partial charge >= 0.3 is 0 Å². The van der Waals surface area contributed by atoms with Crippen LogP contribution in [-0.2, 0) is 0 Å². The molecule has 1 saturated heterocycles. The number of rotatable bonds is 3. The fourth-order valence-electron chi connectivity index (χ4n) is 2.13. The molecular weight excluding hydrogens is 270 g/mol. The summed E-state index contributed by atoms with van der Waals surface area (Å²) in [5.41, 5.74) is 0.519. The van der Waals surface area contributed by atoms with Crippen molar-refractivity contribution in [2.24, 2.45) is 0 Å². The highest BCUT2D eigenvalue weighted by Gasteiger charge is 2.25. The summed E-state index contributed by atoms with van der Waals surface area (Å²) in [4.78, 5) is 22.5. The van der Waals surface area contributed by atoms with Gasteiger partial charge in [-0.3, -0.25) is 14.9 Å². The number of nitro benzene ring substituents is 1. The second-order valence-corrected chi connectivity index (χ2v) is 4.39. The van der Waals surface area contributed by atoms with Crippen LogP contribution < -0.4 is 10.6 Å². The van der Waals surface area contributed by atoms with Crippen LogP contribution >= 0.6 is 12.4 Å². The maximum atomic E-state index is 12.0. The summed E-state index contributed by atoms with van der Waals surface area (Å²) in [7, 11) is 0. The fourth-order valence-corrected chi connectivity index (χ4v) is 2.13. The van der Waals surface area contributed by atoms with Crippen LogP contribution in [0.3, 0.4) is 0 Å². The van der Waals surface area contributed by atoms with Crippen molar-refractivity contribution in [2.75, 3.05) is 13.1 Å². The number of hydrogen-bond acceptors (Lipinski definition) is 4. The van der Waals surface area contributed by atoms with E-state index in [1.54, 1.807) is 19.1 Å². The van der Waals surface area contributed by atoms with Gasteiger partial charge in [-0.25, -0.2) is 0 Å². The largest absolute Gasteiger partial charge is 0.348 e. The van der Waals surface area contributed by atoms with Gasteiger partial charge in [-0.15, -0.1) is 12.4 Å². The summed E-state index contributed by atoms with van der Waals surface area (Å²) in [6.07, 6.45) is 0.853. The lowest BCUT2D eigenvalue weighted by Crippen LogP contribution is -2.36. The third-order valence-electron chi connectivity index (χ3n) is 3.06. The van der Waals surface area contributed by atoms with Gasteiger partial charge in [0.05, 0.1) is 4.92 Å². The van der Waals surface area contributed by atoms with Crippen molar-refractivity contribution < 1.29 is 9.72 Å². The van der Waals surface area contributed by atoms with Crippen LogP contribution in [0.5, 0.6) is 0 Å². The second kappa shape index (κ2) is 6.49. The molecule has 0 radical (unpaired) electrons. The molecule has 1 heterocycles. The zero-order valence-corrected chi connectivity index (χ0v) is 11.3. The summed E-state index contributed by atoms with van der Waals surface area (Å²) in [6.45, 7) is 3.21. The lowest BCUT2D eigenvalue weighted by Gasteiger charge is -2.11. The van der Waals surface area contributed by atoms with Gasteiger partial charge in [0.1, 0.15) is 5.56 Å².